The summed E-state index contributed by atoms with van der Waals surface area (Å²) in [5.41, 5.74) is 4.03. The highest BCUT2D eigenvalue weighted by Crippen LogP contribution is 2.13. The van der Waals surface area contributed by atoms with Crippen molar-refractivity contribution >= 4 is 11.7 Å². The molecule has 0 aliphatic rings. The third-order valence-corrected chi connectivity index (χ3v) is 2.36. The molecule has 0 radical (unpaired) electrons. The van der Waals surface area contributed by atoms with Gasteiger partial charge in [-0.1, -0.05) is 13.8 Å². The zero-order chi connectivity index (χ0) is 13.2. The van der Waals surface area contributed by atoms with Gasteiger partial charge in [0.1, 0.15) is 17.2 Å². The van der Waals surface area contributed by atoms with E-state index >= 15 is 0 Å². The molecule has 1 aromatic heterocycles. The summed E-state index contributed by atoms with van der Waals surface area (Å²) in [4.78, 5) is 29.5. The second kappa shape index (κ2) is 4.57. The van der Waals surface area contributed by atoms with Gasteiger partial charge in [0.15, 0.2) is 0 Å². The molecule has 0 saturated heterocycles. The van der Waals surface area contributed by atoms with Gasteiger partial charge < -0.3 is 16.0 Å². The average Bonchev–Trinajstić information content (AvgIpc) is 2.15. The predicted molar refractivity (Wildman–Crippen MR) is 65.8 cm³/mol. The largest absolute Gasteiger partial charge is 0.368 e. The Morgan fingerprint density at radius 3 is 2.59 bits per heavy atom. The van der Waals surface area contributed by atoms with Crippen molar-refractivity contribution in [2.24, 2.45) is 5.73 Å². The number of carbonyl (C=O) groups excluding carboxylic acids is 1. The van der Waals surface area contributed by atoms with Crippen LogP contribution in [0.25, 0.3) is 0 Å². The summed E-state index contributed by atoms with van der Waals surface area (Å²) in [6.45, 7) is 7.10. The van der Waals surface area contributed by atoms with E-state index < -0.39 is 11.4 Å². The minimum atomic E-state index is -0.949. The van der Waals surface area contributed by atoms with Gasteiger partial charge in [-0.05, 0) is 13.8 Å². The molecule has 1 amide bonds. The number of hydrogen-bond donors (Lipinski definition) is 3. The topological polar surface area (TPSA) is 101 Å². The molecule has 0 saturated carbocycles. The zero-order valence-corrected chi connectivity index (χ0v) is 10.5. The van der Waals surface area contributed by atoms with Crippen LogP contribution in [0.5, 0.6) is 0 Å². The number of H-pyrrole nitrogens is 1. The molecule has 6 nitrogen and oxygen atoms in total. The molecule has 4 N–H and O–H groups in total. The van der Waals surface area contributed by atoms with Crippen molar-refractivity contribution in [2.45, 2.75) is 39.2 Å². The fraction of sp³-hybridized carbons (Fsp3) is 0.545. The minimum Gasteiger partial charge on any atom is -0.368 e. The number of rotatable bonds is 4. The highest BCUT2D eigenvalue weighted by Gasteiger charge is 2.25. The maximum Gasteiger partial charge on any atom is 0.252 e. The third-order valence-electron chi connectivity index (χ3n) is 2.36. The molecule has 0 spiro atoms. The lowest BCUT2D eigenvalue weighted by Gasteiger charge is -2.23. The Hall–Kier alpha value is -1.85. The zero-order valence-electron chi connectivity index (χ0n) is 10.5. The Balaban J connectivity index is 3.08. The smallest absolute Gasteiger partial charge is 0.252 e. The van der Waals surface area contributed by atoms with Crippen LogP contribution in [-0.4, -0.2) is 21.4 Å². The lowest BCUT2D eigenvalue weighted by Crippen LogP contribution is -2.45. The van der Waals surface area contributed by atoms with Gasteiger partial charge in [0, 0.05) is 12.0 Å². The normalized spacial score (nSPS) is 11.6. The van der Waals surface area contributed by atoms with E-state index in [0.29, 0.717) is 11.6 Å². The summed E-state index contributed by atoms with van der Waals surface area (Å²) in [6.07, 6.45) is 0. The first-order valence-corrected chi connectivity index (χ1v) is 5.41. The first kappa shape index (κ1) is 13.2. The standard InChI is InChI=1S/C11H18N4O2/c1-6(2)9-13-7(5-8(16)14-9)15-11(3,4)10(12)17/h5-6H,1-4H3,(H2,12,17)(H2,13,14,15,16). The molecule has 0 aromatic carbocycles. The van der Waals surface area contributed by atoms with E-state index in [2.05, 4.69) is 15.3 Å². The van der Waals surface area contributed by atoms with Crippen molar-refractivity contribution in [3.63, 3.8) is 0 Å². The Bertz CT molecular complexity index is 477. The van der Waals surface area contributed by atoms with Gasteiger partial charge in [-0.15, -0.1) is 0 Å². The van der Waals surface area contributed by atoms with E-state index in [9.17, 15) is 9.59 Å². The Morgan fingerprint density at radius 1 is 1.53 bits per heavy atom. The van der Waals surface area contributed by atoms with Crippen LogP contribution in [-0.2, 0) is 4.79 Å². The van der Waals surface area contributed by atoms with Crippen LogP contribution in [0.4, 0.5) is 5.82 Å². The summed E-state index contributed by atoms with van der Waals surface area (Å²) in [5.74, 6) is 0.508. The van der Waals surface area contributed by atoms with Crippen LogP contribution < -0.4 is 16.6 Å². The van der Waals surface area contributed by atoms with Crippen LogP contribution in [0.3, 0.4) is 0 Å². The number of nitrogens with two attached hydrogens (primary N) is 1. The summed E-state index contributed by atoms with van der Waals surface area (Å²) in [7, 11) is 0. The van der Waals surface area contributed by atoms with Crippen molar-refractivity contribution < 1.29 is 4.79 Å². The molecule has 0 fully saturated rings. The van der Waals surface area contributed by atoms with Crippen molar-refractivity contribution in [3.05, 3.63) is 22.2 Å². The van der Waals surface area contributed by atoms with E-state index in [0.717, 1.165) is 0 Å². The maximum absolute atomic E-state index is 11.4. The highest BCUT2D eigenvalue weighted by molar-refractivity contribution is 5.86. The average molecular weight is 238 g/mol. The van der Waals surface area contributed by atoms with Crippen molar-refractivity contribution in [1.29, 1.82) is 0 Å². The molecule has 0 aliphatic carbocycles. The summed E-state index contributed by atoms with van der Waals surface area (Å²) in [6, 6.07) is 1.30. The summed E-state index contributed by atoms with van der Waals surface area (Å²) in [5, 5.41) is 2.85. The molecule has 1 heterocycles. The number of primary amides is 1. The maximum atomic E-state index is 11.4. The molecule has 0 atom stereocenters. The van der Waals surface area contributed by atoms with E-state index in [1.165, 1.54) is 6.07 Å². The van der Waals surface area contributed by atoms with E-state index in [-0.39, 0.29) is 11.5 Å². The van der Waals surface area contributed by atoms with Gasteiger partial charge in [0.05, 0.1) is 0 Å². The monoisotopic (exact) mass is 238 g/mol. The van der Waals surface area contributed by atoms with Crippen LogP contribution in [0.1, 0.15) is 39.4 Å². The van der Waals surface area contributed by atoms with E-state index in [4.69, 9.17) is 5.73 Å². The molecule has 17 heavy (non-hydrogen) atoms. The van der Waals surface area contributed by atoms with Crippen molar-refractivity contribution in [1.82, 2.24) is 9.97 Å². The van der Waals surface area contributed by atoms with Crippen LogP contribution in [0, 0.1) is 0 Å². The first-order valence-electron chi connectivity index (χ1n) is 5.41. The predicted octanol–water partition coefficient (Wildman–Crippen LogP) is 0.569. The molecular formula is C11H18N4O2. The lowest BCUT2D eigenvalue weighted by molar-refractivity contribution is -0.121. The molecule has 0 bridgehead atoms. The highest BCUT2D eigenvalue weighted by atomic mass is 16.1. The number of anilines is 1. The fourth-order valence-electron chi connectivity index (χ4n) is 1.20. The number of nitrogens with zero attached hydrogens (tertiary/aromatic N) is 1. The molecular weight excluding hydrogens is 220 g/mol. The fourth-order valence-corrected chi connectivity index (χ4v) is 1.20. The minimum absolute atomic E-state index is 0.0983. The Morgan fingerprint density at radius 2 is 2.12 bits per heavy atom. The second-order valence-corrected chi connectivity index (χ2v) is 4.78. The van der Waals surface area contributed by atoms with Gasteiger partial charge in [-0.3, -0.25) is 9.59 Å². The molecule has 0 unspecified atom stereocenters. The number of nitrogens with one attached hydrogen (secondary N) is 2. The molecule has 1 aromatic rings. The molecule has 6 heteroatoms. The van der Waals surface area contributed by atoms with Gasteiger partial charge in [-0.25, -0.2) is 4.98 Å². The number of hydrogen-bond acceptors (Lipinski definition) is 4. The van der Waals surface area contributed by atoms with Crippen LogP contribution in [0.2, 0.25) is 0 Å². The Labute approximate surface area is 99.6 Å². The number of amides is 1. The van der Waals surface area contributed by atoms with E-state index in [1.54, 1.807) is 13.8 Å². The van der Waals surface area contributed by atoms with Gasteiger partial charge in [0.25, 0.3) is 5.56 Å². The molecule has 0 aliphatic heterocycles. The van der Waals surface area contributed by atoms with Gasteiger partial charge in [-0.2, -0.15) is 0 Å². The number of aromatic amines is 1. The summed E-state index contributed by atoms with van der Waals surface area (Å²) >= 11 is 0. The Kier molecular flexibility index (Phi) is 3.55. The summed E-state index contributed by atoms with van der Waals surface area (Å²) < 4.78 is 0. The second-order valence-electron chi connectivity index (χ2n) is 4.78. The van der Waals surface area contributed by atoms with E-state index in [1.807, 2.05) is 13.8 Å². The number of aromatic nitrogens is 2. The van der Waals surface area contributed by atoms with Crippen molar-refractivity contribution in [3.8, 4) is 0 Å². The molecule has 94 valence electrons. The SMILES string of the molecule is CC(C)c1nc(NC(C)(C)C(N)=O)cc(=O)[nH]1. The van der Waals surface area contributed by atoms with Gasteiger partial charge >= 0.3 is 0 Å². The lowest BCUT2D eigenvalue weighted by atomic mass is 10.1. The van der Waals surface area contributed by atoms with Crippen molar-refractivity contribution in [2.75, 3.05) is 5.32 Å². The third kappa shape index (κ3) is 3.30. The number of carbonyl (C=O) groups is 1. The molecule has 1 rings (SSSR count). The first-order chi connectivity index (χ1) is 7.72. The van der Waals surface area contributed by atoms with Gasteiger partial charge in [0.2, 0.25) is 5.91 Å². The van der Waals surface area contributed by atoms with Crippen LogP contribution >= 0.6 is 0 Å². The quantitative estimate of drug-likeness (QED) is 0.713. The van der Waals surface area contributed by atoms with Crippen LogP contribution in [0.15, 0.2) is 10.9 Å².